The average molecular weight is 403 g/mol. The smallest absolute Gasteiger partial charge is 0.297 e. The number of hydrogen-bond donors (Lipinski definition) is 2. The number of rotatable bonds is 5. The van der Waals surface area contributed by atoms with Crippen molar-refractivity contribution in [3.63, 3.8) is 0 Å². The van der Waals surface area contributed by atoms with Gasteiger partial charge in [-0.05, 0) is 29.7 Å². The molecule has 0 spiro atoms. The van der Waals surface area contributed by atoms with Crippen molar-refractivity contribution in [3.8, 4) is 11.6 Å². The third kappa shape index (κ3) is 3.80. The zero-order valence-electron chi connectivity index (χ0n) is 16.8. The number of benzene rings is 2. The summed E-state index contributed by atoms with van der Waals surface area (Å²) in [6.45, 7) is 6.36. The highest BCUT2D eigenvalue weighted by Crippen LogP contribution is 2.36. The van der Waals surface area contributed by atoms with Gasteiger partial charge >= 0.3 is 0 Å². The molecular weight excluding hydrogens is 382 g/mol. The minimum absolute atomic E-state index is 0.0569. The molecule has 30 heavy (non-hydrogen) atoms. The van der Waals surface area contributed by atoms with Crippen molar-refractivity contribution in [2.75, 3.05) is 5.32 Å². The van der Waals surface area contributed by atoms with E-state index >= 15 is 0 Å². The number of aromatic nitrogens is 3. The van der Waals surface area contributed by atoms with Crippen LogP contribution < -0.4 is 10.1 Å². The highest BCUT2D eigenvalue weighted by atomic mass is 16.6. The van der Waals surface area contributed by atoms with Gasteiger partial charge < -0.3 is 15.0 Å². The van der Waals surface area contributed by atoms with E-state index in [9.17, 15) is 10.1 Å². The van der Waals surface area contributed by atoms with Crippen LogP contribution in [0, 0.1) is 10.1 Å². The summed E-state index contributed by atoms with van der Waals surface area (Å²) < 4.78 is 6.15. The number of anilines is 2. The Kier molecular flexibility index (Phi) is 4.83. The number of H-pyrrole nitrogens is 1. The second-order valence-electron chi connectivity index (χ2n) is 7.85. The summed E-state index contributed by atoms with van der Waals surface area (Å²) in [7, 11) is 0. The molecule has 0 aliphatic heterocycles. The number of ether oxygens (including phenoxy) is 1. The molecule has 2 N–H and O–H groups in total. The molecule has 0 bridgehead atoms. The molecule has 4 aromatic rings. The maximum Gasteiger partial charge on any atom is 0.297 e. The largest absolute Gasteiger partial charge is 0.437 e. The van der Waals surface area contributed by atoms with Gasteiger partial charge in [0.1, 0.15) is 11.4 Å². The molecule has 2 heterocycles. The van der Waals surface area contributed by atoms with E-state index in [-0.39, 0.29) is 16.6 Å². The predicted molar refractivity (Wildman–Crippen MR) is 115 cm³/mol. The second kappa shape index (κ2) is 7.47. The van der Waals surface area contributed by atoms with E-state index in [0.29, 0.717) is 28.8 Å². The first-order valence-corrected chi connectivity index (χ1v) is 9.45. The van der Waals surface area contributed by atoms with Crippen LogP contribution in [-0.2, 0) is 5.41 Å². The minimum Gasteiger partial charge on any atom is -0.437 e. The summed E-state index contributed by atoms with van der Waals surface area (Å²) in [5.41, 5.74) is 2.34. The number of nitrogens with zero attached hydrogens (tertiary/aromatic N) is 3. The first-order valence-electron chi connectivity index (χ1n) is 9.45. The van der Waals surface area contributed by atoms with Crippen molar-refractivity contribution in [2.24, 2.45) is 0 Å². The number of nitro benzene ring substituents is 1. The molecule has 0 aliphatic rings. The monoisotopic (exact) mass is 403 g/mol. The second-order valence-corrected chi connectivity index (χ2v) is 7.85. The molecule has 2 aromatic carbocycles. The van der Waals surface area contributed by atoms with Crippen LogP contribution in [0.3, 0.4) is 0 Å². The molecule has 8 nitrogen and oxygen atoms in total. The maximum absolute atomic E-state index is 11.3. The number of nitro groups is 1. The van der Waals surface area contributed by atoms with Gasteiger partial charge in [0, 0.05) is 17.8 Å². The molecule has 0 saturated heterocycles. The van der Waals surface area contributed by atoms with E-state index in [1.165, 1.54) is 6.07 Å². The van der Waals surface area contributed by atoms with Gasteiger partial charge in [-0.1, -0.05) is 45.0 Å². The van der Waals surface area contributed by atoms with E-state index in [1.807, 2.05) is 30.3 Å². The maximum atomic E-state index is 11.3. The molecule has 2 aromatic heterocycles. The van der Waals surface area contributed by atoms with Gasteiger partial charge in [-0.3, -0.25) is 10.1 Å². The van der Waals surface area contributed by atoms with Crippen LogP contribution in [-0.4, -0.2) is 19.9 Å². The molecule has 0 atom stereocenters. The highest BCUT2D eigenvalue weighted by molar-refractivity contribution is 5.86. The van der Waals surface area contributed by atoms with Crippen LogP contribution in [0.4, 0.5) is 17.3 Å². The number of aromatic amines is 1. The molecule has 0 aliphatic carbocycles. The van der Waals surface area contributed by atoms with Crippen LogP contribution in [0.1, 0.15) is 26.3 Å². The van der Waals surface area contributed by atoms with Gasteiger partial charge in [0.2, 0.25) is 11.8 Å². The van der Waals surface area contributed by atoms with Crippen molar-refractivity contribution in [3.05, 3.63) is 76.5 Å². The topological polar surface area (TPSA) is 106 Å². The Morgan fingerprint density at radius 3 is 2.63 bits per heavy atom. The fourth-order valence-corrected chi connectivity index (χ4v) is 3.20. The van der Waals surface area contributed by atoms with Gasteiger partial charge in [-0.15, -0.1) is 0 Å². The van der Waals surface area contributed by atoms with Gasteiger partial charge in [0.05, 0.1) is 10.4 Å². The Labute approximate surface area is 173 Å². The Morgan fingerprint density at radius 2 is 1.87 bits per heavy atom. The van der Waals surface area contributed by atoms with E-state index in [4.69, 9.17) is 4.74 Å². The summed E-state index contributed by atoms with van der Waals surface area (Å²) in [6, 6.07) is 16.2. The van der Waals surface area contributed by atoms with Gasteiger partial charge in [-0.25, -0.2) is 9.97 Å². The SMILES string of the molecule is CC(C)(C)c1ccccc1Oc1ncccc1Nc1nc2c([N+](=O)[O-])cccc2[nH]1. The standard InChI is InChI=1S/C22H21N5O3/c1-22(2,3)14-8-4-5-12-18(14)30-20-16(10-7-13-23-20)25-21-24-15-9-6-11-17(27(28)29)19(15)26-21/h4-13H,1-3H3,(H2,24,25,26). The van der Waals surface area contributed by atoms with Crippen molar-refractivity contribution in [1.82, 2.24) is 15.0 Å². The fraction of sp³-hybridized carbons (Fsp3) is 0.182. The third-order valence-electron chi connectivity index (χ3n) is 4.61. The zero-order valence-corrected chi connectivity index (χ0v) is 16.8. The van der Waals surface area contributed by atoms with E-state index in [0.717, 1.165) is 5.56 Å². The van der Waals surface area contributed by atoms with Crippen molar-refractivity contribution >= 4 is 28.4 Å². The van der Waals surface area contributed by atoms with E-state index < -0.39 is 4.92 Å². The molecule has 8 heteroatoms. The molecule has 152 valence electrons. The lowest BCUT2D eigenvalue weighted by atomic mass is 9.86. The first-order chi connectivity index (χ1) is 14.3. The average Bonchev–Trinajstić information content (AvgIpc) is 3.11. The number of non-ortho nitro benzene ring substituents is 1. The lowest BCUT2D eigenvalue weighted by Crippen LogP contribution is -2.12. The summed E-state index contributed by atoms with van der Waals surface area (Å²) in [6.07, 6.45) is 1.64. The van der Waals surface area contributed by atoms with E-state index in [2.05, 4.69) is 41.0 Å². The minimum atomic E-state index is -0.449. The molecule has 0 amide bonds. The lowest BCUT2D eigenvalue weighted by Gasteiger charge is -2.22. The number of hydrogen-bond acceptors (Lipinski definition) is 6. The Hall–Kier alpha value is -3.94. The lowest BCUT2D eigenvalue weighted by molar-refractivity contribution is -0.383. The number of pyridine rings is 1. The molecule has 0 radical (unpaired) electrons. The number of imidazole rings is 1. The third-order valence-corrected chi connectivity index (χ3v) is 4.61. The van der Waals surface area contributed by atoms with E-state index in [1.54, 1.807) is 24.4 Å². The number of nitrogens with one attached hydrogen (secondary N) is 2. The van der Waals surface area contributed by atoms with Gasteiger partial charge in [-0.2, -0.15) is 0 Å². The Morgan fingerprint density at radius 1 is 1.07 bits per heavy atom. The Balaban J connectivity index is 1.68. The number of fused-ring (bicyclic) bond motifs is 1. The van der Waals surface area contributed by atoms with Gasteiger partial charge in [0.15, 0.2) is 5.52 Å². The fourth-order valence-electron chi connectivity index (χ4n) is 3.20. The highest BCUT2D eigenvalue weighted by Gasteiger charge is 2.20. The van der Waals surface area contributed by atoms with Gasteiger partial charge in [0.25, 0.3) is 5.69 Å². The van der Waals surface area contributed by atoms with Crippen LogP contribution in [0.5, 0.6) is 11.6 Å². The summed E-state index contributed by atoms with van der Waals surface area (Å²) in [5, 5.41) is 14.4. The molecule has 0 unspecified atom stereocenters. The molecule has 4 rings (SSSR count). The zero-order chi connectivity index (χ0) is 21.3. The Bertz CT molecular complexity index is 1230. The summed E-state index contributed by atoms with van der Waals surface area (Å²) in [5.74, 6) is 1.46. The van der Waals surface area contributed by atoms with Crippen molar-refractivity contribution in [2.45, 2.75) is 26.2 Å². The van der Waals surface area contributed by atoms with Crippen LogP contribution in [0.2, 0.25) is 0 Å². The molecular formula is C22H21N5O3. The van der Waals surface area contributed by atoms with Crippen molar-refractivity contribution in [1.29, 1.82) is 0 Å². The van der Waals surface area contributed by atoms with Crippen molar-refractivity contribution < 1.29 is 9.66 Å². The predicted octanol–water partition coefficient (Wildman–Crippen LogP) is 5.70. The number of para-hydroxylation sites is 2. The van der Waals surface area contributed by atoms with Crippen LogP contribution in [0.15, 0.2) is 60.8 Å². The first kappa shape index (κ1) is 19.4. The van der Waals surface area contributed by atoms with Crippen LogP contribution >= 0.6 is 0 Å². The normalized spacial score (nSPS) is 11.4. The molecule has 0 fully saturated rings. The quantitative estimate of drug-likeness (QED) is 0.327. The summed E-state index contributed by atoms with van der Waals surface area (Å²) in [4.78, 5) is 22.6. The summed E-state index contributed by atoms with van der Waals surface area (Å²) >= 11 is 0. The van der Waals surface area contributed by atoms with Crippen LogP contribution in [0.25, 0.3) is 11.0 Å². The molecule has 0 saturated carbocycles.